The normalized spacial score (nSPS) is 13.8. The number of carbonyl (C=O) groups is 5. The maximum absolute atomic E-state index is 13.2. The first-order chi connectivity index (χ1) is 21.3. The number of guanidine groups is 1. The summed E-state index contributed by atoms with van der Waals surface area (Å²) in [4.78, 5) is 64.5. The number of nitrogens with one attached hydrogen (secondary N) is 1. The van der Waals surface area contributed by atoms with Crippen LogP contribution in [0.3, 0.4) is 0 Å². The summed E-state index contributed by atoms with van der Waals surface area (Å²) >= 11 is 0. The van der Waals surface area contributed by atoms with E-state index in [2.05, 4.69) is 17.2 Å². The molecule has 0 radical (unpaired) electrons. The number of rotatable bonds is 24. The van der Waals surface area contributed by atoms with Gasteiger partial charge in [-0.2, -0.15) is 0 Å². The van der Waals surface area contributed by atoms with Gasteiger partial charge in [0, 0.05) is 19.3 Å². The number of carbonyl (C=O) groups excluding carboxylic acids is 2. The van der Waals surface area contributed by atoms with E-state index in [1.165, 1.54) is 24.6 Å². The molecule has 9 N–H and O–H groups in total. The van der Waals surface area contributed by atoms with Crippen molar-refractivity contribution in [3.05, 3.63) is 42.0 Å². The molecule has 13 nitrogen and oxygen atoms in total. The van der Waals surface area contributed by atoms with E-state index < -0.39 is 47.8 Å². The van der Waals surface area contributed by atoms with Crippen molar-refractivity contribution in [3.8, 4) is 0 Å². The Bertz CT molecular complexity index is 1180. The zero-order chi connectivity index (χ0) is 33.8. The van der Waals surface area contributed by atoms with Crippen molar-refractivity contribution in [2.24, 2.45) is 22.4 Å². The molecule has 1 aromatic carbocycles. The SMILES string of the molecule is CCCCCCCC(=O)CCCCCCC=C[C@H](C(=O)N[C@@H](Cc1ccc(N=C(N)N)cc1)C(=O)O)[C@@](O)(CC(=O)O)C(=O)O. The molecule has 3 atom stereocenters. The first-order valence-electron chi connectivity index (χ1n) is 15.4. The van der Waals surface area contributed by atoms with E-state index in [-0.39, 0.29) is 18.2 Å². The molecule has 13 heteroatoms. The van der Waals surface area contributed by atoms with Gasteiger partial charge in [-0.05, 0) is 43.4 Å². The third kappa shape index (κ3) is 15.3. The molecule has 0 aliphatic carbocycles. The second kappa shape index (κ2) is 20.7. The number of hydrogen-bond donors (Lipinski definition) is 7. The Labute approximate surface area is 263 Å². The molecule has 0 saturated carbocycles. The van der Waals surface area contributed by atoms with Gasteiger partial charge in [-0.1, -0.05) is 69.7 Å². The zero-order valence-electron chi connectivity index (χ0n) is 26.0. The summed E-state index contributed by atoms with van der Waals surface area (Å²) in [6, 6.07) is 4.63. The van der Waals surface area contributed by atoms with Gasteiger partial charge in [-0.15, -0.1) is 0 Å². The monoisotopic (exact) mass is 632 g/mol. The quantitative estimate of drug-likeness (QED) is 0.0377. The van der Waals surface area contributed by atoms with E-state index in [9.17, 15) is 44.4 Å². The number of Topliss-reactive ketones (excluding diaryl/α,β-unsaturated/α-hetero) is 1. The van der Waals surface area contributed by atoms with Gasteiger partial charge < -0.3 is 37.2 Å². The molecule has 0 aliphatic rings. The lowest BCUT2D eigenvalue weighted by Crippen LogP contribution is -2.55. The van der Waals surface area contributed by atoms with Gasteiger partial charge in [-0.3, -0.25) is 14.4 Å². The predicted molar refractivity (Wildman–Crippen MR) is 169 cm³/mol. The van der Waals surface area contributed by atoms with Gasteiger partial charge in [0.25, 0.3) is 0 Å². The lowest BCUT2D eigenvalue weighted by molar-refractivity contribution is -0.172. The Morgan fingerprint density at radius 3 is 1.98 bits per heavy atom. The van der Waals surface area contributed by atoms with E-state index in [0.717, 1.165) is 51.0 Å². The molecule has 1 rings (SSSR count). The third-order valence-corrected chi connectivity index (χ3v) is 7.30. The Hall–Kier alpha value is -4.26. The minimum absolute atomic E-state index is 0.167. The lowest BCUT2D eigenvalue weighted by atomic mass is 9.82. The van der Waals surface area contributed by atoms with Gasteiger partial charge in [0.1, 0.15) is 11.8 Å². The average molecular weight is 633 g/mol. The fraction of sp³-hybridized carbons (Fsp3) is 0.562. The molecular weight excluding hydrogens is 584 g/mol. The van der Waals surface area contributed by atoms with Gasteiger partial charge in [0.2, 0.25) is 5.91 Å². The zero-order valence-corrected chi connectivity index (χ0v) is 26.0. The Kier molecular flexibility index (Phi) is 17.8. The smallest absolute Gasteiger partial charge is 0.337 e. The summed E-state index contributed by atoms with van der Waals surface area (Å²) in [6.45, 7) is 2.14. The minimum atomic E-state index is -3.03. The molecule has 0 heterocycles. The molecule has 250 valence electrons. The number of carboxylic acids is 3. The number of aliphatic carboxylic acids is 3. The number of carboxylic acid groups (broad SMARTS) is 3. The highest BCUT2D eigenvalue weighted by Gasteiger charge is 2.49. The van der Waals surface area contributed by atoms with Gasteiger partial charge in [0.15, 0.2) is 11.6 Å². The fourth-order valence-corrected chi connectivity index (χ4v) is 4.79. The Balaban J connectivity index is 2.84. The van der Waals surface area contributed by atoms with Gasteiger partial charge in [-0.25, -0.2) is 14.6 Å². The van der Waals surface area contributed by atoms with Crippen LogP contribution < -0.4 is 16.8 Å². The first kappa shape index (κ1) is 38.8. The number of ketones is 1. The summed E-state index contributed by atoms with van der Waals surface area (Å²) in [6.07, 6.45) is 11.1. The summed E-state index contributed by atoms with van der Waals surface area (Å²) in [5.41, 5.74) is 8.56. The number of hydrogen-bond acceptors (Lipinski definition) is 7. The van der Waals surface area contributed by atoms with Gasteiger partial charge in [0.05, 0.1) is 18.0 Å². The largest absolute Gasteiger partial charge is 0.481 e. The number of nitrogens with two attached hydrogens (primary N) is 2. The van der Waals surface area contributed by atoms with Crippen molar-refractivity contribution in [3.63, 3.8) is 0 Å². The van der Waals surface area contributed by atoms with E-state index in [0.29, 0.717) is 36.9 Å². The highest BCUT2D eigenvalue weighted by molar-refractivity contribution is 5.94. The highest BCUT2D eigenvalue weighted by atomic mass is 16.4. The van der Waals surface area contributed by atoms with Crippen LogP contribution in [-0.4, -0.2) is 67.6 Å². The van der Waals surface area contributed by atoms with Crippen LogP contribution in [-0.2, 0) is 30.4 Å². The molecule has 0 aromatic heterocycles. The van der Waals surface area contributed by atoms with Crippen LogP contribution in [0.1, 0.15) is 96.0 Å². The van der Waals surface area contributed by atoms with Crippen molar-refractivity contribution in [2.45, 2.75) is 108 Å². The van der Waals surface area contributed by atoms with E-state index in [4.69, 9.17) is 11.5 Å². The molecule has 0 unspecified atom stereocenters. The van der Waals surface area contributed by atoms with Crippen molar-refractivity contribution >= 4 is 41.2 Å². The molecule has 0 saturated heterocycles. The maximum Gasteiger partial charge on any atom is 0.337 e. The van der Waals surface area contributed by atoms with Crippen LogP contribution >= 0.6 is 0 Å². The van der Waals surface area contributed by atoms with Crippen molar-refractivity contribution in [1.29, 1.82) is 0 Å². The maximum atomic E-state index is 13.2. The average Bonchev–Trinajstić information content (AvgIpc) is 2.95. The number of aliphatic imine (C=N–C) groups is 1. The lowest BCUT2D eigenvalue weighted by Gasteiger charge is -2.29. The predicted octanol–water partition coefficient (Wildman–Crippen LogP) is 3.44. The molecule has 1 aromatic rings. The Morgan fingerprint density at radius 1 is 0.889 bits per heavy atom. The van der Waals surface area contributed by atoms with Crippen molar-refractivity contribution in [1.82, 2.24) is 5.32 Å². The minimum Gasteiger partial charge on any atom is -0.481 e. The number of aliphatic hydroxyl groups is 1. The second-order valence-corrected chi connectivity index (χ2v) is 11.2. The van der Waals surface area contributed by atoms with E-state index in [1.807, 2.05) is 0 Å². The number of benzene rings is 1. The van der Waals surface area contributed by atoms with Crippen LogP contribution in [0.25, 0.3) is 0 Å². The third-order valence-electron chi connectivity index (χ3n) is 7.30. The Morgan fingerprint density at radius 2 is 1.47 bits per heavy atom. The van der Waals surface area contributed by atoms with Crippen molar-refractivity contribution < 1.29 is 44.4 Å². The summed E-state index contributed by atoms with van der Waals surface area (Å²) in [7, 11) is 0. The van der Waals surface area contributed by atoms with E-state index >= 15 is 0 Å². The molecule has 0 fully saturated rings. The van der Waals surface area contributed by atoms with Crippen LogP contribution in [0.2, 0.25) is 0 Å². The molecular formula is C32H48N4O9. The van der Waals surface area contributed by atoms with Crippen LogP contribution in [0.15, 0.2) is 41.4 Å². The molecule has 0 bridgehead atoms. The molecule has 1 amide bonds. The number of allylic oxidation sites excluding steroid dienone is 1. The summed E-state index contributed by atoms with van der Waals surface area (Å²) in [5, 5.41) is 41.8. The topological polar surface area (TPSA) is 243 Å². The standard InChI is InChI=1S/C32H48N4O9/c1-2-3-4-7-10-13-24(37)14-11-8-5-6-9-12-15-25(32(45,30(43)44)21-27(38)39)28(40)36-26(29(41)42)20-22-16-18-23(19-17-22)35-31(33)34/h12,15-19,25-26,45H,2-11,13-14,20-21H2,1H3,(H,36,40)(H,38,39)(H,41,42)(H,43,44)(H4,33,34,35)/t25-,26+,32+/m1/s1. The van der Waals surface area contributed by atoms with Crippen LogP contribution in [0.4, 0.5) is 5.69 Å². The molecule has 45 heavy (non-hydrogen) atoms. The van der Waals surface area contributed by atoms with Gasteiger partial charge >= 0.3 is 17.9 Å². The number of unbranched alkanes of at least 4 members (excludes halogenated alkanes) is 8. The van der Waals surface area contributed by atoms with E-state index in [1.54, 1.807) is 12.1 Å². The van der Waals surface area contributed by atoms with Crippen LogP contribution in [0, 0.1) is 5.92 Å². The molecule has 0 aliphatic heterocycles. The first-order valence-corrected chi connectivity index (χ1v) is 15.4. The summed E-state index contributed by atoms with van der Waals surface area (Å²) in [5.74, 6) is -7.98. The summed E-state index contributed by atoms with van der Waals surface area (Å²) < 4.78 is 0. The van der Waals surface area contributed by atoms with Crippen LogP contribution in [0.5, 0.6) is 0 Å². The van der Waals surface area contributed by atoms with Crippen molar-refractivity contribution in [2.75, 3.05) is 0 Å². The second-order valence-electron chi connectivity index (χ2n) is 11.2. The number of amides is 1. The fourth-order valence-electron chi connectivity index (χ4n) is 4.79. The highest BCUT2D eigenvalue weighted by Crippen LogP contribution is 2.26. The molecule has 0 spiro atoms. The number of nitrogens with zero attached hydrogens (tertiary/aromatic N) is 1.